The molecule has 1 aliphatic rings. The van der Waals surface area contributed by atoms with E-state index < -0.39 is 24.9 Å². The highest BCUT2D eigenvalue weighted by molar-refractivity contribution is 7.10. The molecule has 2 N–H and O–H groups in total. The summed E-state index contributed by atoms with van der Waals surface area (Å²) in [7, 11) is 3.86. The summed E-state index contributed by atoms with van der Waals surface area (Å²) < 4.78 is 26.1. The number of carbonyl (C=O) groups is 1. The topological polar surface area (TPSA) is 44.4 Å². The van der Waals surface area contributed by atoms with Crippen molar-refractivity contribution >= 4 is 17.2 Å². The van der Waals surface area contributed by atoms with Gasteiger partial charge in [0.2, 0.25) is 5.91 Å². The third kappa shape index (κ3) is 3.74. The van der Waals surface area contributed by atoms with Crippen LogP contribution in [0, 0.1) is 0 Å². The van der Waals surface area contributed by atoms with Crippen molar-refractivity contribution in [1.82, 2.24) is 15.5 Å². The lowest BCUT2D eigenvalue weighted by Gasteiger charge is -2.24. The third-order valence-electron chi connectivity index (χ3n) is 3.39. The van der Waals surface area contributed by atoms with Crippen LogP contribution in [0.25, 0.3) is 0 Å². The van der Waals surface area contributed by atoms with Crippen molar-refractivity contribution in [3.05, 3.63) is 22.4 Å². The van der Waals surface area contributed by atoms with Gasteiger partial charge in [-0.1, -0.05) is 6.07 Å². The number of likely N-dealkylation sites (N-methyl/N-ethyl adjacent to an activating group) is 1. The van der Waals surface area contributed by atoms with Gasteiger partial charge in [0.15, 0.2) is 0 Å². The Morgan fingerprint density at radius 1 is 1.65 bits per heavy atom. The first-order valence-corrected chi connectivity index (χ1v) is 7.36. The Kier molecular flexibility index (Phi) is 4.72. The van der Waals surface area contributed by atoms with Crippen molar-refractivity contribution in [2.45, 2.75) is 24.4 Å². The molecule has 0 bridgehead atoms. The number of rotatable bonds is 5. The van der Waals surface area contributed by atoms with E-state index in [1.165, 1.54) is 0 Å². The summed E-state index contributed by atoms with van der Waals surface area (Å²) in [6.45, 7) is -0.0107. The van der Waals surface area contributed by atoms with Crippen molar-refractivity contribution in [2.24, 2.45) is 0 Å². The van der Waals surface area contributed by atoms with E-state index in [-0.39, 0.29) is 11.9 Å². The fraction of sp³-hybridized carbons (Fsp3) is 0.615. The molecule has 1 aliphatic heterocycles. The summed E-state index contributed by atoms with van der Waals surface area (Å²) in [6.07, 6.45) is -0.426. The molecule has 2 rings (SSSR count). The van der Waals surface area contributed by atoms with E-state index in [0.29, 0.717) is 6.54 Å². The predicted molar refractivity (Wildman–Crippen MR) is 75.1 cm³/mol. The van der Waals surface area contributed by atoms with Crippen molar-refractivity contribution in [1.29, 1.82) is 0 Å². The maximum atomic E-state index is 13.1. The van der Waals surface area contributed by atoms with E-state index in [1.807, 2.05) is 36.5 Å². The summed E-state index contributed by atoms with van der Waals surface area (Å²) in [5.41, 5.74) is 0. The van der Waals surface area contributed by atoms with Gasteiger partial charge >= 0.3 is 0 Å². The molecule has 2 heterocycles. The van der Waals surface area contributed by atoms with Crippen LogP contribution in [0.15, 0.2) is 17.5 Å². The maximum Gasteiger partial charge on any atom is 0.262 e. The fourth-order valence-electron chi connectivity index (χ4n) is 2.24. The number of hydrogen-bond donors (Lipinski definition) is 2. The highest BCUT2D eigenvalue weighted by Gasteiger charge is 2.42. The largest absolute Gasteiger partial charge is 0.353 e. The molecule has 1 aromatic rings. The zero-order chi connectivity index (χ0) is 14.8. The molecule has 0 radical (unpaired) electrons. The van der Waals surface area contributed by atoms with Crippen molar-refractivity contribution in [3.8, 4) is 0 Å². The molecule has 4 nitrogen and oxygen atoms in total. The quantitative estimate of drug-likeness (QED) is 0.866. The van der Waals surface area contributed by atoms with Crippen LogP contribution in [0.1, 0.15) is 17.3 Å². The number of hydrogen-bond acceptors (Lipinski definition) is 4. The smallest absolute Gasteiger partial charge is 0.262 e. The molecular weight excluding hydrogens is 284 g/mol. The van der Waals surface area contributed by atoms with Gasteiger partial charge in [0.1, 0.15) is 0 Å². The standard InChI is InChI=1S/C13H19F2N3OS/c1-18(2)10(11-4-3-5-20-11)7-16-12(19)9-6-13(14,15)8-17-9/h3-5,9-10,17H,6-8H2,1-2H3,(H,16,19). The van der Waals surface area contributed by atoms with E-state index in [0.717, 1.165) is 4.88 Å². The number of halogens is 2. The first-order valence-electron chi connectivity index (χ1n) is 6.48. The summed E-state index contributed by atoms with van der Waals surface area (Å²) in [5, 5.41) is 7.30. The predicted octanol–water partition coefficient (Wildman–Crippen LogP) is 1.46. The highest BCUT2D eigenvalue weighted by atomic mass is 32.1. The molecule has 7 heteroatoms. The van der Waals surface area contributed by atoms with Crippen LogP contribution in [0.5, 0.6) is 0 Å². The second-order valence-electron chi connectivity index (χ2n) is 5.23. The lowest BCUT2D eigenvalue weighted by Crippen LogP contribution is -2.43. The second-order valence-corrected chi connectivity index (χ2v) is 6.21. The summed E-state index contributed by atoms with van der Waals surface area (Å²) >= 11 is 1.61. The van der Waals surface area contributed by atoms with Gasteiger partial charge in [0, 0.05) is 17.8 Å². The number of nitrogens with one attached hydrogen (secondary N) is 2. The van der Waals surface area contributed by atoms with Gasteiger partial charge in [-0.2, -0.15) is 0 Å². The van der Waals surface area contributed by atoms with Crippen molar-refractivity contribution in [3.63, 3.8) is 0 Å². The van der Waals surface area contributed by atoms with Gasteiger partial charge in [-0.05, 0) is 25.5 Å². The number of amides is 1. The summed E-state index contributed by atoms with van der Waals surface area (Å²) in [6, 6.07) is 3.22. The molecule has 0 aliphatic carbocycles. The SMILES string of the molecule is CN(C)C(CNC(=O)C1CC(F)(F)CN1)c1cccs1. The first-order chi connectivity index (χ1) is 9.39. The number of alkyl halides is 2. The van der Waals surface area contributed by atoms with E-state index in [2.05, 4.69) is 10.6 Å². The van der Waals surface area contributed by atoms with Gasteiger partial charge in [-0.3, -0.25) is 10.1 Å². The summed E-state index contributed by atoms with van der Waals surface area (Å²) in [4.78, 5) is 15.0. The Bertz CT molecular complexity index is 450. The number of carbonyl (C=O) groups excluding carboxylic acids is 1. The molecule has 1 fully saturated rings. The van der Waals surface area contributed by atoms with Gasteiger partial charge in [-0.25, -0.2) is 8.78 Å². The third-order valence-corrected chi connectivity index (χ3v) is 4.36. The number of thiophene rings is 1. The van der Waals surface area contributed by atoms with Crippen LogP contribution < -0.4 is 10.6 Å². The van der Waals surface area contributed by atoms with Crippen molar-refractivity contribution in [2.75, 3.05) is 27.2 Å². The molecule has 2 unspecified atom stereocenters. The molecule has 0 saturated carbocycles. The molecule has 1 aromatic heterocycles. The minimum atomic E-state index is -2.78. The average Bonchev–Trinajstić information content (AvgIpc) is 2.98. The van der Waals surface area contributed by atoms with Gasteiger partial charge < -0.3 is 10.2 Å². The van der Waals surface area contributed by atoms with E-state index in [9.17, 15) is 13.6 Å². The lowest BCUT2D eigenvalue weighted by molar-refractivity contribution is -0.123. The zero-order valence-electron chi connectivity index (χ0n) is 11.5. The van der Waals surface area contributed by atoms with Crippen LogP contribution in [0.2, 0.25) is 0 Å². The molecular formula is C13H19F2N3OS. The first kappa shape index (κ1) is 15.3. The van der Waals surface area contributed by atoms with Crippen molar-refractivity contribution < 1.29 is 13.6 Å². The van der Waals surface area contributed by atoms with Crippen LogP contribution >= 0.6 is 11.3 Å². The van der Waals surface area contributed by atoms with Crippen LogP contribution in [-0.4, -0.2) is 50.0 Å². The fourth-order valence-corrected chi connectivity index (χ4v) is 3.16. The normalized spacial score (nSPS) is 22.9. The van der Waals surface area contributed by atoms with Crippen LogP contribution in [0.4, 0.5) is 8.78 Å². The zero-order valence-corrected chi connectivity index (χ0v) is 12.3. The molecule has 1 amide bonds. The van der Waals surface area contributed by atoms with E-state index in [4.69, 9.17) is 0 Å². The average molecular weight is 303 g/mol. The molecule has 20 heavy (non-hydrogen) atoms. The molecule has 0 spiro atoms. The minimum Gasteiger partial charge on any atom is -0.353 e. The van der Waals surface area contributed by atoms with E-state index >= 15 is 0 Å². The Morgan fingerprint density at radius 3 is 2.90 bits per heavy atom. The summed E-state index contributed by atoms with van der Waals surface area (Å²) in [5.74, 6) is -3.14. The van der Waals surface area contributed by atoms with Gasteiger partial charge in [-0.15, -0.1) is 11.3 Å². The Morgan fingerprint density at radius 2 is 2.40 bits per heavy atom. The molecule has 2 atom stereocenters. The highest BCUT2D eigenvalue weighted by Crippen LogP contribution is 2.26. The second kappa shape index (κ2) is 6.15. The Labute approximate surface area is 121 Å². The van der Waals surface area contributed by atoms with Gasteiger partial charge in [0.25, 0.3) is 5.92 Å². The monoisotopic (exact) mass is 303 g/mol. The molecule has 0 aromatic carbocycles. The van der Waals surface area contributed by atoms with E-state index in [1.54, 1.807) is 11.3 Å². The Balaban J connectivity index is 1.89. The number of nitrogens with zero attached hydrogens (tertiary/aromatic N) is 1. The lowest BCUT2D eigenvalue weighted by atomic mass is 10.1. The molecule has 112 valence electrons. The van der Waals surface area contributed by atoms with Gasteiger partial charge in [0.05, 0.1) is 18.6 Å². The Hall–Kier alpha value is -1.05. The maximum absolute atomic E-state index is 13.1. The minimum absolute atomic E-state index is 0.0564. The van der Waals surface area contributed by atoms with Crippen LogP contribution in [0.3, 0.4) is 0 Å². The molecule has 1 saturated heterocycles. The van der Waals surface area contributed by atoms with Crippen LogP contribution in [-0.2, 0) is 4.79 Å².